The van der Waals surface area contributed by atoms with Gasteiger partial charge in [-0.1, -0.05) is 42.5 Å². The van der Waals surface area contributed by atoms with Gasteiger partial charge in [-0.25, -0.2) is 0 Å². The molecule has 0 atom stereocenters. The number of fused-ring (bicyclic) bond motifs is 1. The molecule has 0 aliphatic rings. The quantitative estimate of drug-likeness (QED) is 0.752. The lowest BCUT2D eigenvalue weighted by molar-refractivity contribution is -0.120. The van der Waals surface area contributed by atoms with Crippen LogP contribution < -0.4 is 10.1 Å². The zero-order valence-electron chi connectivity index (χ0n) is 14.2. The summed E-state index contributed by atoms with van der Waals surface area (Å²) in [5, 5.41) is 5.30. The van der Waals surface area contributed by atoms with E-state index in [1.807, 2.05) is 74.5 Å². The van der Waals surface area contributed by atoms with Crippen molar-refractivity contribution in [3.63, 3.8) is 0 Å². The summed E-state index contributed by atoms with van der Waals surface area (Å²) < 4.78 is 5.18. The van der Waals surface area contributed by atoms with E-state index in [9.17, 15) is 4.79 Å². The molecule has 1 amide bonds. The molecule has 24 heavy (non-hydrogen) atoms. The fourth-order valence-corrected chi connectivity index (χ4v) is 2.69. The van der Waals surface area contributed by atoms with Crippen LogP contribution in [0.3, 0.4) is 0 Å². The predicted octanol–water partition coefficient (Wildman–Crippen LogP) is 4.76. The molecule has 0 unspecified atom stereocenters. The van der Waals surface area contributed by atoms with E-state index in [1.54, 1.807) is 7.11 Å². The van der Waals surface area contributed by atoms with Crippen molar-refractivity contribution in [3.8, 4) is 5.75 Å². The molecule has 3 heteroatoms. The highest BCUT2D eigenvalue weighted by Crippen LogP contribution is 2.27. The maximum Gasteiger partial charge on any atom is 0.234 e. The molecule has 0 aromatic heterocycles. The smallest absolute Gasteiger partial charge is 0.234 e. The van der Waals surface area contributed by atoms with Crippen LogP contribution in [-0.2, 0) is 10.2 Å². The monoisotopic (exact) mass is 319 g/mol. The van der Waals surface area contributed by atoms with Crippen molar-refractivity contribution in [2.75, 3.05) is 12.4 Å². The normalized spacial score (nSPS) is 11.3. The summed E-state index contributed by atoms with van der Waals surface area (Å²) in [6.07, 6.45) is 0. The van der Waals surface area contributed by atoms with Gasteiger partial charge in [-0.05, 0) is 54.4 Å². The van der Waals surface area contributed by atoms with Crippen LogP contribution in [0.1, 0.15) is 19.4 Å². The Kier molecular flexibility index (Phi) is 4.26. The molecule has 0 saturated heterocycles. The lowest BCUT2D eigenvalue weighted by Crippen LogP contribution is -2.34. The molecule has 0 radical (unpaired) electrons. The number of carbonyl (C=O) groups excluding carboxylic acids is 1. The zero-order chi connectivity index (χ0) is 17.2. The number of ether oxygens (including phenoxy) is 1. The maximum atomic E-state index is 12.8. The molecule has 3 nitrogen and oxygen atoms in total. The number of hydrogen-bond acceptors (Lipinski definition) is 2. The first-order valence-electron chi connectivity index (χ1n) is 7.95. The summed E-state index contributed by atoms with van der Waals surface area (Å²) in [6.45, 7) is 3.84. The van der Waals surface area contributed by atoms with Gasteiger partial charge in [-0.15, -0.1) is 0 Å². The molecule has 3 aromatic carbocycles. The first-order chi connectivity index (χ1) is 11.5. The highest BCUT2D eigenvalue weighted by molar-refractivity contribution is 6.00. The molecule has 0 spiro atoms. The van der Waals surface area contributed by atoms with E-state index in [1.165, 1.54) is 0 Å². The fraction of sp³-hybridized carbons (Fsp3) is 0.190. The standard InChI is InChI=1S/C21H21NO2/c1-21(2,17-9-12-19(24-3)13-10-17)20(23)22-18-11-8-15-6-4-5-7-16(15)14-18/h4-14H,1-3H3,(H,22,23). The minimum absolute atomic E-state index is 0.0389. The largest absolute Gasteiger partial charge is 0.497 e. The number of nitrogens with one attached hydrogen (secondary N) is 1. The Hall–Kier alpha value is -2.81. The van der Waals surface area contributed by atoms with Crippen LogP contribution in [0.4, 0.5) is 5.69 Å². The minimum Gasteiger partial charge on any atom is -0.497 e. The van der Waals surface area contributed by atoms with E-state index < -0.39 is 5.41 Å². The van der Waals surface area contributed by atoms with Gasteiger partial charge in [0.1, 0.15) is 5.75 Å². The number of rotatable bonds is 4. The first kappa shape index (κ1) is 16.1. The molecule has 0 saturated carbocycles. The second-order valence-corrected chi connectivity index (χ2v) is 6.37. The second-order valence-electron chi connectivity index (χ2n) is 6.37. The summed E-state index contributed by atoms with van der Waals surface area (Å²) >= 11 is 0. The number of methoxy groups -OCH3 is 1. The van der Waals surface area contributed by atoms with E-state index in [-0.39, 0.29) is 5.91 Å². The molecule has 122 valence electrons. The summed E-state index contributed by atoms with van der Waals surface area (Å²) in [4.78, 5) is 12.8. The molecule has 3 rings (SSSR count). The number of amides is 1. The Labute approximate surface area is 142 Å². The van der Waals surface area contributed by atoms with Gasteiger partial charge in [0.25, 0.3) is 0 Å². The van der Waals surface area contributed by atoms with E-state index in [0.717, 1.165) is 27.8 Å². The number of carbonyl (C=O) groups is 1. The topological polar surface area (TPSA) is 38.3 Å². The number of anilines is 1. The van der Waals surface area contributed by atoms with Gasteiger partial charge in [0.05, 0.1) is 12.5 Å². The van der Waals surface area contributed by atoms with Gasteiger partial charge in [0, 0.05) is 5.69 Å². The van der Waals surface area contributed by atoms with Crippen molar-refractivity contribution in [3.05, 3.63) is 72.3 Å². The van der Waals surface area contributed by atoms with Crippen LogP contribution in [0.5, 0.6) is 5.75 Å². The number of hydrogen-bond donors (Lipinski definition) is 1. The van der Waals surface area contributed by atoms with Crippen LogP contribution >= 0.6 is 0 Å². The molecule has 0 aliphatic carbocycles. The average Bonchev–Trinajstić information content (AvgIpc) is 2.61. The molecule has 0 bridgehead atoms. The zero-order valence-corrected chi connectivity index (χ0v) is 14.2. The van der Waals surface area contributed by atoms with Gasteiger partial charge in [-0.3, -0.25) is 4.79 Å². The van der Waals surface area contributed by atoms with Crippen molar-refractivity contribution in [2.24, 2.45) is 0 Å². The predicted molar refractivity (Wildman–Crippen MR) is 98.6 cm³/mol. The van der Waals surface area contributed by atoms with Crippen LogP contribution in [-0.4, -0.2) is 13.0 Å². The van der Waals surface area contributed by atoms with Crippen molar-refractivity contribution in [2.45, 2.75) is 19.3 Å². The average molecular weight is 319 g/mol. The molecule has 0 fully saturated rings. The molecule has 1 N–H and O–H groups in total. The van der Waals surface area contributed by atoms with E-state index in [4.69, 9.17) is 4.74 Å². The first-order valence-corrected chi connectivity index (χ1v) is 7.95. The Morgan fingerprint density at radius 3 is 2.25 bits per heavy atom. The summed E-state index contributed by atoms with van der Waals surface area (Å²) in [6, 6.07) is 21.7. The third-order valence-electron chi connectivity index (χ3n) is 4.39. The van der Waals surface area contributed by atoms with Gasteiger partial charge in [0.2, 0.25) is 5.91 Å². The van der Waals surface area contributed by atoms with Crippen LogP contribution in [0.2, 0.25) is 0 Å². The summed E-state index contributed by atoms with van der Waals surface area (Å²) in [5.74, 6) is 0.743. The lowest BCUT2D eigenvalue weighted by atomic mass is 9.83. The molecule has 0 aliphatic heterocycles. The minimum atomic E-state index is -0.641. The van der Waals surface area contributed by atoms with Crippen molar-refractivity contribution in [1.82, 2.24) is 0 Å². The van der Waals surface area contributed by atoms with Crippen LogP contribution in [0, 0.1) is 0 Å². The van der Waals surface area contributed by atoms with Gasteiger partial charge in [-0.2, -0.15) is 0 Å². The number of benzene rings is 3. The van der Waals surface area contributed by atoms with Crippen molar-refractivity contribution >= 4 is 22.4 Å². The fourth-order valence-electron chi connectivity index (χ4n) is 2.69. The highest BCUT2D eigenvalue weighted by Gasteiger charge is 2.29. The van der Waals surface area contributed by atoms with Crippen molar-refractivity contribution < 1.29 is 9.53 Å². The summed E-state index contributed by atoms with van der Waals surface area (Å²) in [7, 11) is 1.63. The Bertz CT molecular complexity index is 866. The third kappa shape index (κ3) is 3.11. The molecular formula is C21H21NO2. The SMILES string of the molecule is COc1ccc(C(C)(C)C(=O)Nc2ccc3ccccc3c2)cc1. The summed E-state index contributed by atoms with van der Waals surface area (Å²) in [5.41, 5.74) is 1.11. The third-order valence-corrected chi connectivity index (χ3v) is 4.39. The van der Waals surface area contributed by atoms with Gasteiger partial charge < -0.3 is 10.1 Å². The second kappa shape index (κ2) is 6.36. The van der Waals surface area contributed by atoms with Gasteiger partial charge >= 0.3 is 0 Å². The van der Waals surface area contributed by atoms with E-state index >= 15 is 0 Å². The van der Waals surface area contributed by atoms with E-state index in [2.05, 4.69) is 11.4 Å². The molecular weight excluding hydrogens is 298 g/mol. The van der Waals surface area contributed by atoms with Crippen LogP contribution in [0.15, 0.2) is 66.7 Å². The van der Waals surface area contributed by atoms with E-state index in [0.29, 0.717) is 0 Å². The van der Waals surface area contributed by atoms with Crippen LogP contribution in [0.25, 0.3) is 10.8 Å². The molecule has 0 heterocycles. The molecule has 3 aromatic rings. The van der Waals surface area contributed by atoms with Gasteiger partial charge in [0.15, 0.2) is 0 Å². The lowest BCUT2D eigenvalue weighted by Gasteiger charge is -2.24. The Morgan fingerprint density at radius 1 is 0.917 bits per heavy atom. The van der Waals surface area contributed by atoms with Crippen molar-refractivity contribution in [1.29, 1.82) is 0 Å². The Balaban J connectivity index is 1.83. The Morgan fingerprint density at radius 2 is 1.58 bits per heavy atom. The highest BCUT2D eigenvalue weighted by atomic mass is 16.5. The maximum absolute atomic E-state index is 12.8.